The summed E-state index contributed by atoms with van der Waals surface area (Å²) >= 11 is 1.52. The molecule has 0 aliphatic carbocycles. The van der Waals surface area contributed by atoms with Gasteiger partial charge in [-0.1, -0.05) is 6.07 Å². The topological polar surface area (TPSA) is 92.9 Å². The van der Waals surface area contributed by atoms with E-state index in [4.69, 9.17) is 9.15 Å². The zero-order valence-corrected chi connectivity index (χ0v) is 14.3. The predicted molar refractivity (Wildman–Crippen MR) is 89.1 cm³/mol. The molecule has 2 saturated heterocycles. The minimum Gasteiger partial charge on any atom is -0.481 e. The van der Waals surface area contributed by atoms with Gasteiger partial charge in [0.1, 0.15) is 6.26 Å². The standard InChI is InChI=1S/C17H18N2O5S/c20-14(6-12-9-24-15(18-12)13-2-1-5-25-13)19-7-11-8-23-4-3-17(11,10-19)16(21)22/h1-2,5,9,11H,3-4,6-8,10H2,(H,21,22)/t11-,17+/m0/s1. The van der Waals surface area contributed by atoms with Crippen molar-refractivity contribution in [3.63, 3.8) is 0 Å². The number of hydrogen-bond acceptors (Lipinski definition) is 6. The number of oxazole rings is 1. The van der Waals surface area contributed by atoms with Gasteiger partial charge >= 0.3 is 5.97 Å². The number of carbonyl (C=O) groups excluding carboxylic acids is 1. The molecule has 4 rings (SSSR count). The predicted octanol–water partition coefficient (Wildman–Crippen LogP) is 1.90. The van der Waals surface area contributed by atoms with E-state index in [1.54, 1.807) is 4.90 Å². The zero-order valence-electron chi connectivity index (χ0n) is 13.5. The smallest absolute Gasteiger partial charge is 0.311 e. The van der Waals surface area contributed by atoms with Gasteiger partial charge < -0.3 is 19.2 Å². The van der Waals surface area contributed by atoms with E-state index in [0.29, 0.717) is 37.8 Å². The third-order valence-corrected chi connectivity index (χ3v) is 5.96. The summed E-state index contributed by atoms with van der Waals surface area (Å²) in [6.45, 7) is 1.48. The Morgan fingerprint density at radius 1 is 1.48 bits per heavy atom. The van der Waals surface area contributed by atoms with Gasteiger partial charge in [-0.25, -0.2) is 4.98 Å². The molecular formula is C17H18N2O5S. The van der Waals surface area contributed by atoms with Crippen LogP contribution in [0.15, 0.2) is 28.2 Å². The number of nitrogens with zero attached hydrogens (tertiary/aromatic N) is 2. The molecule has 2 aliphatic heterocycles. The molecule has 8 heteroatoms. The van der Waals surface area contributed by atoms with Gasteiger partial charge in [0.2, 0.25) is 11.8 Å². The third kappa shape index (κ3) is 2.85. The summed E-state index contributed by atoms with van der Waals surface area (Å²) in [6.07, 6.45) is 2.05. The molecule has 1 N–H and O–H groups in total. The second-order valence-corrected chi connectivity index (χ2v) is 7.50. The molecule has 0 saturated carbocycles. The van der Waals surface area contributed by atoms with Crippen molar-refractivity contribution >= 4 is 23.2 Å². The van der Waals surface area contributed by atoms with E-state index in [9.17, 15) is 14.7 Å². The van der Waals surface area contributed by atoms with Crippen LogP contribution in [0, 0.1) is 11.3 Å². The van der Waals surface area contributed by atoms with Crippen LogP contribution in [0.5, 0.6) is 0 Å². The Morgan fingerprint density at radius 2 is 2.36 bits per heavy atom. The van der Waals surface area contributed by atoms with E-state index < -0.39 is 11.4 Å². The third-order valence-electron chi connectivity index (χ3n) is 5.10. The van der Waals surface area contributed by atoms with Crippen LogP contribution in [0.1, 0.15) is 12.1 Å². The number of aromatic nitrogens is 1. The van der Waals surface area contributed by atoms with Crippen LogP contribution in [0.4, 0.5) is 0 Å². The summed E-state index contributed by atoms with van der Waals surface area (Å²) in [5, 5.41) is 11.6. The van der Waals surface area contributed by atoms with E-state index in [-0.39, 0.29) is 24.8 Å². The van der Waals surface area contributed by atoms with Gasteiger partial charge in [-0.15, -0.1) is 11.3 Å². The molecule has 2 fully saturated rings. The number of aliphatic carboxylic acids is 1. The largest absolute Gasteiger partial charge is 0.481 e. The van der Waals surface area contributed by atoms with Crippen LogP contribution < -0.4 is 0 Å². The molecule has 0 aromatic carbocycles. The normalized spacial score (nSPS) is 25.8. The molecule has 2 aliphatic rings. The molecule has 4 heterocycles. The second kappa shape index (κ2) is 6.27. The molecule has 2 aromatic heterocycles. The fourth-order valence-electron chi connectivity index (χ4n) is 3.66. The van der Waals surface area contributed by atoms with Gasteiger partial charge in [-0.3, -0.25) is 9.59 Å². The molecule has 25 heavy (non-hydrogen) atoms. The van der Waals surface area contributed by atoms with E-state index in [1.807, 2.05) is 17.5 Å². The summed E-state index contributed by atoms with van der Waals surface area (Å²) < 4.78 is 10.9. The second-order valence-electron chi connectivity index (χ2n) is 6.56. The molecule has 7 nitrogen and oxygen atoms in total. The Bertz CT molecular complexity index is 787. The Labute approximate surface area is 148 Å². The Morgan fingerprint density at radius 3 is 3.08 bits per heavy atom. The molecule has 2 aromatic rings. The zero-order chi connectivity index (χ0) is 17.4. The highest BCUT2D eigenvalue weighted by Crippen LogP contribution is 2.42. The van der Waals surface area contributed by atoms with Crippen molar-refractivity contribution in [1.29, 1.82) is 0 Å². The molecule has 0 bridgehead atoms. The lowest BCUT2D eigenvalue weighted by molar-refractivity contribution is -0.157. The van der Waals surface area contributed by atoms with E-state index >= 15 is 0 Å². The number of carboxylic acids is 1. The number of carboxylic acid groups (broad SMARTS) is 1. The Hall–Kier alpha value is -2.19. The number of carbonyl (C=O) groups is 2. The fourth-order valence-corrected chi connectivity index (χ4v) is 4.31. The molecule has 1 amide bonds. The van der Waals surface area contributed by atoms with Crippen LogP contribution in [0.25, 0.3) is 10.8 Å². The molecule has 0 radical (unpaired) electrons. The van der Waals surface area contributed by atoms with Crippen LogP contribution in [0.2, 0.25) is 0 Å². The quantitative estimate of drug-likeness (QED) is 0.893. The number of likely N-dealkylation sites (tertiary alicyclic amines) is 1. The number of amides is 1. The first kappa shape index (κ1) is 16.3. The van der Waals surface area contributed by atoms with Gasteiger partial charge in [-0.2, -0.15) is 0 Å². The number of rotatable bonds is 4. The van der Waals surface area contributed by atoms with Gasteiger partial charge in [0.25, 0.3) is 0 Å². The number of hydrogen-bond donors (Lipinski definition) is 1. The van der Waals surface area contributed by atoms with Crippen molar-refractivity contribution in [1.82, 2.24) is 9.88 Å². The van der Waals surface area contributed by atoms with Crippen molar-refractivity contribution in [2.45, 2.75) is 12.8 Å². The average molecular weight is 362 g/mol. The van der Waals surface area contributed by atoms with Gasteiger partial charge in [0, 0.05) is 25.6 Å². The SMILES string of the molecule is O=C(Cc1coc(-c2cccs2)n1)N1C[C@H]2COCC[C@@]2(C(=O)O)C1. The fraction of sp³-hybridized carbons (Fsp3) is 0.471. The maximum atomic E-state index is 12.6. The Balaban J connectivity index is 1.46. The number of fused-ring (bicyclic) bond motifs is 1. The van der Waals surface area contributed by atoms with Gasteiger partial charge in [-0.05, 0) is 17.9 Å². The van der Waals surface area contributed by atoms with Gasteiger partial charge in [0.05, 0.1) is 29.0 Å². The highest BCUT2D eigenvalue weighted by atomic mass is 32.1. The minimum atomic E-state index is -0.875. The average Bonchev–Trinajstić information content (AvgIpc) is 3.33. The van der Waals surface area contributed by atoms with E-state index in [1.165, 1.54) is 17.6 Å². The molecule has 0 spiro atoms. The van der Waals surface area contributed by atoms with Crippen LogP contribution in [-0.2, 0) is 20.7 Å². The highest BCUT2D eigenvalue weighted by Gasteiger charge is 2.54. The van der Waals surface area contributed by atoms with Crippen LogP contribution in [-0.4, -0.2) is 53.2 Å². The monoisotopic (exact) mass is 362 g/mol. The summed E-state index contributed by atoms with van der Waals surface area (Å²) in [4.78, 5) is 31.3. The van der Waals surface area contributed by atoms with E-state index in [0.717, 1.165) is 4.88 Å². The van der Waals surface area contributed by atoms with Crippen LogP contribution >= 0.6 is 11.3 Å². The lowest BCUT2D eigenvalue weighted by Crippen LogP contribution is -2.45. The van der Waals surface area contributed by atoms with Crippen molar-refractivity contribution < 1.29 is 23.8 Å². The summed E-state index contributed by atoms with van der Waals surface area (Å²) in [7, 11) is 0. The Kier molecular flexibility index (Phi) is 4.09. The van der Waals surface area contributed by atoms with Crippen molar-refractivity contribution in [3.8, 4) is 10.8 Å². The maximum Gasteiger partial charge on any atom is 0.311 e. The summed E-state index contributed by atoms with van der Waals surface area (Å²) in [5.41, 5.74) is -0.316. The lowest BCUT2D eigenvalue weighted by atomic mass is 9.74. The number of thiophene rings is 1. The lowest BCUT2D eigenvalue weighted by Gasteiger charge is -2.33. The molecular weight excluding hydrogens is 344 g/mol. The van der Waals surface area contributed by atoms with E-state index in [2.05, 4.69) is 4.98 Å². The molecule has 2 atom stereocenters. The van der Waals surface area contributed by atoms with Crippen molar-refractivity contribution in [2.75, 3.05) is 26.3 Å². The first-order chi connectivity index (χ1) is 12.1. The summed E-state index contributed by atoms with van der Waals surface area (Å²) in [5.74, 6) is -0.608. The number of ether oxygens (including phenoxy) is 1. The minimum absolute atomic E-state index is 0.109. The first-order valence-corrected chi connectivity index (χ1v) is 9.04. The molecule has 132 valence electrons. The highest BCUT2D eigenvalue weighted by molar-refractivity contribution is 7.13. The van der Waals surface area contributed by atoms with Crippen molar-refractivity contribution in [2.24, 2.45) is 11.3 Å². The molecule has 0 unspecified atom stereocenters. The summed E-state index contributed by atoms with van der Waals surface area (Å²) in [6, 6.07) is 3.82. The maximum absolute atomic E-state index is 12.6. The van der Waals surface area contributed by atoms with Crippen LogP contribution in [0.3, 0.4) is 0 Å². The first-order valence-electron chi connectivity index (χ1n) is 8.16. The van der Waals surface area contributed by atoms with Crippen molar-refractivity contribution in [3.05, 3.63) is 29.5 Å². The van der Waals surface area contributed by atoms with Gasteiger partial charge in [0.15, 0.2) is 0 Å².